The molecule has 0 aromatic carbocycles. The molecule has 1 N–H and O–H groups in total. The van der Waals surface area contributed by atoms with Crippen molar-refractivity contribution in [1.29, 1.82) is 0 Å². The lowest BCUT2D eigenvalue weighted by atomic mass is 9.46. The second kappa shape index (κ2) is 5.36. The molecule has 27 heavy (non-hydrogen) atoms. The second-order valence-electron chi connectivity index (χ2n) is 10.5. The van der Waals surface area contributed by atoms with Gasteiger partial charge in [0.15, 0.2) is 12.1 Å². The fourth-order valence-corrected chi connectivity index (χ4v) is 9.05. The van der Waals surface area contributed by atoms with Crippen LogP contribution in [-0.4, -0.2) is 22.8 Å². The zero-order valence-electron chi connectivity index (χ0n) is 16.6. The summed E-state index contributed by atoms with van der Waals surface area (Å²) in [5, 5.41) is 10.2. The average Bonchev–Trinajstić information content (AvgIpc) is 3.30. The summed E-state index contributed by atoms with van der Waals surface area (Å²) in [6, 6.07) is 0. The first-order chi connectivity index (χ1) is 13.0. The van der Waals surface area contributed by atoms with Crippen LogP contribution in [0.2, 0.25) is 0 Å². The van der Waals surface area contributed by atoms with E-state index in [1.165, 1.54) is 24.8 Å². The van der Waals surface area contributed by atoms with Gasteiger partial charge in [-0.2, -0.15) is 0 Å². The molecule has 4 fully saturated rings. The van der Waals surface area contributed by atoms with Crippen molar-refractivity contribution in [1.82, 2.24) is 0 Å². The van der Waals surface area contributed by atoms with Gasteiger partial charge in [0.2, 0.25) is 0 Å². The number of carbonyl (C=O) groups is 1. The molecule has 1 spiro atoms. The van der Waals surface area contributed by atoms with Crippen LogP contribution in [0.3, 0.4) is 0 Å². The van der Waals surface area contributed by atoms with Crippen LogP contribution in [0.15, 0.2) is 23.8 Å². The normalized spacial score (nSPS) is 57.7. The van der Waals surface area contributed by atoms with Gasteiger partial charge in [0.1, 0.15) is 0 Å². The van der Waals surface area contributed by atoms with Crippen molar-refractivity contribution in [2.45, 2.75) is 70.7 Å². The number of ketones is 1. The molecule has 5 aliphatic carbocycles. The van der Waals surface area contributed by atoms with Gasteiger partial charge in [-0.05, 0) is 92.1 Å². The number of rotatable bonds is 1. The number of hydrogen-bond acceptors (Lipinski definition) is 3. The van der Waals surface area contributed by atoms with E-state index in [1.54, 1.807) is 0 Å². The lowest BCUT2D eigenvalue weighted by Gasteiger charge is -2.60. The van der Waals surface area contributed by atoms with Crippen molar-refractivity contribution in [3.8, 4) is 0 Å². The fourth-order valence-electron chi connectivity index (χ4n) is 9.05. The van der Waals surface area contributed by atoms with Gasteiger partial charge >= 0.3 is 0 Å². The summed E-state index contributed by atoms with van der Waals surface area (Å²) in [5.74, 6) is 5.31. The molecule has 0 aromatic rings. The number of aliphatic hydroxyl groups is 1. The van der Waals surface area contributed by atoms with Crippen molar-refractivity contribution in [2.24, 2.45) is 46.8 Å². The zero-order valence-corrected chi connectivity index (χ0v) is 16.6. The van der Waals surface area contributed by atoms with Gasteiger partial charge in [-0.25, -0.2) is 0 Å². The number of allylic oxidation sites excluding steroid dienone is 1. The van der Waals surface area contributed by atoms with Gasteiger partial charge in [-0.3, -0.25) is 4.79 Å². The van der Waals surface area contributed by atoms with E-state index in [0.29, 0.717) is 23.5 Å². The lowest BCUT2D eigenvalue weighted by molar-refractivity contribution is -0.205. The highest BCUT2D eigenvalue weighted by Crippen LogP contribution is 2.79. The van der Waals surface area contributed by atoms with Gasteiger partial charge in [0, 0.05) is 11.8 Å². The molecule has 146 valence electrons. The van der Waals surface area contributed by atoms with E-state index in [4.69, 9.17) is 4.74 Å². The van der Waals surface area contributed by atoms with E-state index in [-0.39, 0.29) is 11.0 Å². The Balaban J connectivity index is 1.42. The van der Waals surface area contributed by atoms with Crippen LogP contribution in [-0.2, 0) is 9.53 Å². The third-order valence-corrected chi connectivity index (χ3v) is 9.81. The Morgan fingerprint density at radius 1 is 1.30 bits per heavy atom. The summed E-state index contributed by atoms with van der Waals surface area (Å²) < 4.78 is 6.35. The number of aliphatic hydroxyl groups excluding tert-OH is 1. The molecule has 0 bridgehead atoms. The predicted octanol–water partition coefficient (Wildman–Crippen LogP) is 4.26. The van der Waals surface area contributed by atoms with E-state index < -0.39 is 6.29 Å². The van der Waals surface area contributed by atoms with Crippen molar-refractivity contribution >= 4 is 5.78 Å². The maximum absolute atomic E-state index is 12.0. The van der Waals surface area contributed by atoms with Crippen LogP contribution in [0.25, 0.3) is 0 Å². The highest BCUT2D eigenvalue weighted by Gasteiger charge is 2.78. The van der Waals surface area contributed by atoms with Gasteiger partial charge in [-0.15, -0.1) is 0 Å². The van der Waals surface area contributed by atoms with Crippen LogP contribution in [0.5, 0.6) is 0 Å². The molecular weight excluding hydrogens is 336 g/mol. The number of ether oxygens (including phenoxy) is 1. The second-order valence-corrected chi connectivity index (χ2v) is 10.5. The van der Waals surface area contributed by atoms with Gasteiger partial charge in [0.05, 0.1) is 5.60 Å². The van der Waals surface area contributed by atoms with Crippen molar-refractivity contribution < 1.29 is 14.6 Å². The Bertz CT molecular complexity index is 753. The zero-order chi connectivity index (χ0) is 18.6. The average molecular weight is 369 g/mol. The number of fused-ring (bicyclic) bond motifs is 9. The van der Waals surface area contributed by atoms with Gasteiger partial charge in [-0.1, -0.05) is 25.5 Å². The van der Waals surface area contributed by atoms with Gasteiger partial charge in [0.25, 0.3) is 0 Å². The number of hydrogen-bond donors (Lipinski definition) is 1. The predicted molar refractivity (Wildman–Crippen MR) is 103 cm³/mol. The minimum Gasteiger partial charge on any atom is -0.365 e. The summed E-state index contributed by atoms with van der Waals surface area (Å²) in [7, 11) is 0. The molecule has 10 atom stereocenters. The maximum Gasteiger partial charge on any atom is 0.175 e. The Morgan fingerprint density at radius 2 is 2.15 bits per heavy atom. The van der Waals surface area contributed by atoms with Gasteiger partial charge < -0.3 is 9.84 Å². The first-order valence-corrected chi connectivity index (χ1v) is 11.3. The molecule has 1 heterocycles. The van der Waals surface area contributed by atoms with Crippen molar-refractivity contribution in [3.63, 3.8) is 0 Å². The van der Waals surface area contributed by atoms with E-state index in [0.717, 1.165) is 49.4 Å². The molecule has 0 aromatic heterocycles. The number of carbonyl (C=O) groups excluding carboxylic acids is 1. The van der Waals surface area contributed by atoms with Crippen LogP contribution < -0.4 is 0 Å². The first-order valence-electron chi connectivity index (χ1n) is 11.3. The Kier molecular flexibility index (Phi) is 3.37. The molecule has 4 saturated carbocycles. The monoisotopic (exact) mass is 368 g/mol. The Morgan fingerprint density at radius 3 is 2.89 bits per heavy atom. The van der Waals surface area contributed by atoms with Crippen LogP contribution in [0.4, 0.5) is 0 Å². The minimum atomic E-state index is -0.714. The quantitative estimate of drug-likeness (QED) is 0.703. The summed E-state index contributed by atoms with van der Waals surface area (Å²) in [6.07, 6.45) is 13.4. The molecule has 6 rings (SSSR count). The van der Waals surface area contributed by atoms with E-state index in [9.17, 15) is 9.90 Å². The third kappa shape index (κ3) is 1.93. The largest absolute Gasteiger partial charge is 0.365 e. The summed E-state index contributed by atoms with van der Waals surface area (Å²) in [4.78, 5) is 12.0. The Labute approximate surface area is 162 Å². The van der Waals surface area contributed by atoms with Crippen molar-refractivity contribution in [2.75, 3.05) is 0 Å². The maximum atomic E-state index is 12.0. The first kappa shape index (κ1) is 17.0. The SMILES string of the molecule is CC[C@]12CCC3C(C1[C@H]1C[C@H]1[C@@]21C=CC(O)O1)[C@H](C)CC1=CC(=O)CC[C@@H]13. The molecular formula is C24H32O3. The van der Waals surface area contributed by atoms with Crippen molar-refractivity contribution in [3.05, 3.63) is 23.8 Å². The van der Waals surface area contributed by atoms with Crippen LogP contribution in [0.1, 0.15) is 58.8 Å². The van der Waals surface area contributed by atoms with Crippen LogP contribution in [0, 0.1) is 46.8 Å². The fraction of sp³-hybridized carbons (Fsp3) is 0.792. The lowest BCUT2D eigenvalue weighted by Crippen LogP contribution is -2.57. The van der Waals surface area contributed by atoms with Crippen LogP contribution >= 0.6 is 0 Å². The molecule has 6 aliphatic rings. The molecule has 0 radical (unpaired) electrons. The highest BCUT2D eigenvalue weighted by molar-refractivity contribution is 5.91. The molecule has 0 amide bonds. The summed E-state index contributed by atoms with van der Waals surface area (Å²) >= 11 is 0. The molecule has 3 nitrogen and oxygen atoms in total. The van der Waals surface area contributed by atoms with E-state index in [1.807, 2.05) is 12.2 Å². The van der Waals surface area contributed by atoms with E-state index in [2.05, 4.69) is 19.9 Å². The highest BCUT2D eigenvalue weighted by atomic mass is 16.6. The molecule has 4 unspecified atom stereocenters. The Hall–Kier alpha value is -0.930. The molecule has 1 aliphatic heterocycles. The minimum absolute atomic E-state index is 0.204. The third-order valence-electron chi connectivity index (χ3n) is 9.81. The summed E-state index contributed by atoms with van der Waals surface area (Å²) in [5.41, 5.74) is 1.46. The topological polar surface area (TPSA) is 46.5 Å². The summed E-state index contributed by atoms with van der Waals surface area (Å²) in [6.45, 7) is 4.81. The molecule has 3 heteroatoms. The smallest absolute Gasteiger partial charge is 0.175 e. The van der Waals surface area contributed by atoms with E-state index >= 15 is 0 Å². The molecule has 0 saturated heterocycles. The standard InChI is InChI=1S/C24H32O3/c1-3-23-8-6-17-16-5-4-15(25)11-14(16)10-13(2)21(17)22(23)18-12-19(18)24(23)9-7-20(26)27-24/h7,9,11,13,16-22,26H,3-6,8,10,12H2,1-2H3/t13-,16+,17?,18+,19-,20?,21?,22?,23+,24+/m1/s1.